The molecule has 1 saturated heterocycles. The molecule has 3 nitrogen and oxygen atoms in total. The second kappa shape index (κ2) is 6.10. The predicted molar refractivity (Wildman–Crippen MR) is 84.8 cm³/mol. The molecule has 1 aromatic carbocycles. The molecule has 3 rings (SSSR count). The zero-order chi connectivity index (χ0) is 16.4. The van der Waals surface area contributed by atoms with E-state index in [1.807, 2.05) is 17.0 Å². The topological polar surface area (TPSA) is 19.4 Å². The quantitative estimate of drug-likeness (QED) is 0.840. The van der Waals surface area contributed by atoms with Gasteiger partial charge in [-0.25, -0.2) is 4.98 Å². The Labute approximate surface area is 133 Å². The van der Waals surface area contributed by atoms with Crippen LogP contribution in [0.5, 0.6) is 0 Å². The van der Waals surface area contributed by atoms with Crippen LogP contribution in [0.1, 0.15) is 11.1 Å². The van der Waals surface area contributed by atoms with Crippen LogP contribution in [0.2, 0.25) is 0 Å². The number of aryl methyl sites for hydroxylation is 1. The van der Waals surface area contributed by atoms with Gasteiger partial charge in [-0.2, -0.15) is 13.2 Å². The lowest BCUT2D eigenvalue weighted by Crippen LogP contribution is -2.47. The van der Waals surface area contributed by atoms with Crippen LogP contribution in [-0.4, -0.2) is 31.2 Å². The average Bonchev–Trinajstić information content (AvgIpc) is 2.55. The van der Waals surface area contributed by atoms with E-state index in [9.17, 15) is 13.2 Å². The maximum Gasteiger partial charge on any atom is 0.417 e. The lowest BCUT2D eigenvalue weighted by Gasteiger charge is -2.37. The summed E-state index contributed by atoms with van der Waals surface area (Å²) in [4.78, 5) is 8.30. The van der Waals surface area contributed by atoms with Crippen molar-refractivity contribution in [2.75, 3.05) is 36.0 Å². The van der Waals surface area contributed by atoms with Gasteiger partial charge in [0, 0.05) is 38.1 Å². The minimum atomic E-state index is -4.34. The third kappa shape index (κ3) is 3.41. The van der Waals surface area contributed by atoms with E-state index in [1.165, 1.54) is 17.3 Å². The van der Waals surface area contributed by atoms with Crippen molar-refractivity contribution in [3.8, 4) is 0 Å². The van der Waals surface area contributed by atoms with Crippen molar-refractivity contribution in [2.24, 2.45) is 0 Å². The minimum Gasteiger partial charge on any atom is -0.368 e. The number of aromatic nitrogens is 1. The minimum absolute atomic E-state index is 0.599. The molecule has 0 radical (unpaired) electrons. The zero-order valence-electron chi connectivity index (χ0n) is 12.8. The summed E-state index contributed by atoms with van der Waals surface area (Å²) in [5, 5.41) is 0. The van der Waals surface area contributed by atoms with Crippen LogP contribution in [0, 0.1) is 6.92 Å². The van der Waals surface area contributed by atoms with Gasteiger partial charge in [0.15, 0.2) is 0 Å². The number of rotatable bonds is 2. The van der Waals surface area contributed by atoms with Crippen molar-refractivity contribution in [3.63, 3.8) is 0 Å². The van der Waals surface area contributed by atoms with Crippen LogP contribution < -0.4 is 9.80 Å². The average molecular weight is 321 g/mol. The Bertz CT molecular complexity index is 660. The molecular formula is C17H18F3N3. The molecule has 0 N–H and O–H groups in total. The Kier molecular flexibility index (Phi) is 4.15. The van der Waals surface area contributed by atoms with Gasteiger partial charge in [-0.3, -0.25) is 0 Å². The maximum absolute atomic E-state index is 12.6. The summed E-state index contributed by atoms with van der Waals surface area (Å²) in [6.07, 6.45) is -3.43. The van der Waals surface area contributed by atoms with E-state index in [0.29, 0.717) is 5.82 Å². The van der Waals surface area contributed by atoms with Crippen molar-refractivity contribution in [3.05, 3.63) is 53.7 Å². The van der Waals surface area contributed by atoms with E-state index in [-0.39, 0.29) is 0 Å². The number of alkyl halides is 3. The first-order valence-corrected chi connectivity index (χ1v) is 7.54. The number of benzene rings is 1. The highest BCUT2D eigenvalue weighted by Gasteiger charge is 2.31. The largest absolute Gasteiger partial charge is 0.417 e. The fraction of sp³-hybridized carbons (Fsp3) is 0.353. The number of nitrogens with zero attached hydrogens (tertiary/aromatic N) is 3. The van der Waals surface area contributed by atoms with Crippen LogP contribution in [0.4, 0.5) is 24.7 Å². The van der Waals surface area contributed by atoms with Gasteiger partial charge in [0.25, 0.3) is 0 Å². The molecule has 0 spiro atoms. The molecule has 122 valence electrons. The number of halogens is 3. The highest BCUT2D eigenvalue weighted by atomic mass is 19.4. The van der Waals surface area contributed by atoms with Gasteiger partial charge >= 0.3 is 6.18 Å². The molecule has 1 aliphatic heterocycles. The van der Waals surface area contributed by atoms with Gasteiger partial charge in [0.1, 0.15) is 5.82 Å². The normalized spacial score (nSPS) is 15.8. The number of para-hydroxylation sites is 1. The van der Waals surface area contributed by atoms with Gasteiger partial charge in [-0.15, -0.1) is 0 Å². The first-order chi connectivity index (χ1) is 10.9. The van der Waals surface area contributed by atoms with Crippen molar-refractivity contribution >= 4 is 11.5 Å². The van der Waals surface area contributed by atoms with Crippen molar-refractivity contribution in [1.29, 1.82) is 0 Å². The monoisotopic (exact) mass is 321 g/mol. The number of piperazine rings is 1. The van der Waals surface area contributed by atoms with Gasteiger partial charge < -0.3 is 9.80 Å². The van der Waals surface area contributed by atoms with Crippen molar-refractivity contribution in [2.45, 2.75) is 13.1 Å². The molecule has 2 heterocycles. The van der Waals surface area contributed by atoms with Gasteiger partial charge in [-0.05, 0) is 30.7 Å². The molecule has 2 aromatic rings. The Hall–Kier alpha value is -2.24. The first kappa shape index (κ1) is 15.6. The number of pyridine rings is 1. The van der Waals surface area contributed by atoms with Crippen molar-refractivity contribution < 1.29 is 13.2 Å². The fourth-order valence-corrected chi connectivity index (χ4v) is 2.84. The molecule has 0 saturated carbocycles. The van der Waals surface area contributed by atoms with E-state index in [1.54, 1.807) is 0 Å². The van der Waals surface area contributed by atoms with E-state index in [0.717, 1.165) is 38.4 Å². The first-order valence-electron chi connectivity index (χ1n) is 7.54. The second-order valence-electron chi connectivity index (χ2n) is 5.66. The number of hydrogen-bond donors (Lipinski definition) is 0. The summed E-state index contributed by atoms with van der Waals surface area (Å²) in [5.74, 6) is 0.599. The highest BCUT2D eigenvalue weighted by Crippen LogP contribution is 2.29. The van der Waals surface area contributed by atoms with E-state index >= 15 is 0 Å². The van der Waals surface area contributed by atoms with Crippen LogP contribution in [0.15, 0.2) is 42.6 Å². The van der Waals surface area contributed by atoms with Gasteiger partial charge in [0.05, 0.1) is 5.56 Å². The third-order valence-electron chi connectivity index (χ3n) is 4.14. The van der Waals surface area contributed by atoms with E-state index in [4.69, 9.17) is 0 Å². The second-order valence-corrected chi connectivity index (χ2v) is 5.66. The van der Waals surface area contributed by atoms with Crippen LogP contribution in [-0.2, 0) is 6.18 Å². The number of anilines is 2. The smallest absolute Gasteiger partial charge is 0.368 e. The Morgan fingerprint density at radius 2 is 1.57 bits per heavy atom. The molecule has 0 atom stereocenters. The van der Waals surface area contributed by atoms with Gasteiger partial charge in [-0.1, -0.05) is 18.2 Å². The summed E-state index contributed by atoms with van der Waals surface area (Å²) in [7, 11) is 0. The van der Waals surface area contributed by atoms with Crippen LogP contribution in [0.3, 0.4) is 0 Å². The summed E-state index contributed by atoms with van der Waals surface area (Å²) in [6.45, 7) is 5.22. The lowest BCUT2D eigenvalue weighted by molar-refractivity contribution is -0.137. The third-order valence-corrected chi connectivity index (χ3v) is 4.14. The summed E-state index contributed by atoms with van der Waals surface area (Å²) >= 11 is 0. The molecular weight excluding hydrogens is 303 g/mol. The Morgan fingerprint density at radius 1 is 0.913 bits per heavy atom. The summed E-state index contributed by atoms with van der Waals surface area (Å²) < 4.78 is 37.7. The molecule has 23 heavy (non-hydrogen) atoms. The standard InChI is InChI=1S/C17H18F3N3/c1-13-4-2-3-5-15(13)22-8-10-23(11-9-22)16-7-6-14(12-21-16)17(18,19)20/h2-7,12H,8-11H2,1H3. The lowest BCUT2D eigenvalue weighted by atomic mass is 10.1. The summed E-state index contributed by atoms with van der Waals surface area (Å²) in [6, 6.07) is 10.8. The Morgan fingerprint density at radius 3 is 2.13 bits per heavy atom. The Balaban J connectivity index is 1.66. The predicted octanol–water partition coefficient (Wildman–Crippen LogP) is 3.74. The maximum atomic E-state index is 12.6. The number of hydrogen-bond acceptors (Lipinski definition) is 3. The van der Waals surface area contributed by atoms with Crippen molar-refractivity contribution in [1.82, 2.24) is 4.98 Å². The molecule has 1 aliphatic rings. The molecule has 0 unspecified atom stereocenters. The van der Waals surface area contributed by atoms with Crippen LogP contribution in [0.25, 0.3) is 0 Å². The molecule has 6 heteroatoms. The highest BCUT2D eigenvalue weighted by molar-refractivity contribution is 5.54. The SMILES string of the molecule is Cc1ccccc1N1CCN(c2ccc(C(F)(F)F)cn2)CC1. The van der Waals surface area contributed by atoms with E-state index < -0.39 is 11.7 Å². The summed E-state index contributed by atoms with van der Waals surface area (Å²) in [5.41, 5.74) is 1.74. The molecule has 0 aliphatic carbocycles. The molecule has 0 bridgehead atoms. The molecule has 0 amide bonds. The molecule has 1 aromatic heterocycles. The van der Waals surface area contributed by atoms with Gasteiger partial charge in [0.2, 0.25) is 0 Å². The van der Waals surface area contributed by atoms with E-state index in [2.05, 4.69) is 28.9 Å². The fourth-order valence-electron chi connectivity index (χ4n) is 2.84. The molecule has 1 fully saturated rings. The van der Waals surface area contributed by atoms with Crippen LogP contribution >= 0.6 is 0 Å². The zero-order valence-corrected chi connectivity index (χ0v) is 12.8.